The summed E-state index contributed by atoms with van der Waals surface area (Å²) in [6, 6.07) is 4.96. The molecule has 0 radical (unpaired) electrons. The fraction of sp³-hybridized carbons (Fsp3) is 0.429. The van der Waals surface area contributed by atoms with Crippen LogP contribution < -0.4 is 16.4 Å². The van der Waals surface area contributed by atoms with Gasteiger partial charge in [-0.2, -0.15) is 0 Å². The van der Waals surface area contributed by atoms with Crippen molar-refractivity contribution in [2.24, 2.45) is 11.7 Å². The second-order valence-electron chi connectivity index (χ2n) is 4.78. The number of carbonyl (C=O) groups is 2. The summed E-state index contributed by atoms with van der Waals surface area (Å²) in [5, 5.41) is 5.90. The van der Waals surface area contributed by atoms with Gasteiger partial charge in [-0.1, -0.05) is 25.4 Å². The molecule has 5 nitrogen and oxygen atoms in total. The summed E-state index contributed by atoms with van der Waals surface area (Å²) in [5.74, 6) is -0.383. The number of hydrogen-bond donors (Lipinski definition) is 3. The molecule has 0 fully saturated rings. The number of amides is 2. The van der Waals surface area contributed by atoms with Crippen molar-refractivity contribution in [2.75, 3.05) is 17.2 Å². The lowest BCUT2D eigenvalue weighted by Crippen LogP contribution is -2.18. The minimum Gasteiger partial charge on any atom is -0.330 e. The van der Waals surface area contributed by atoms with Gasteiger partial charge in [0.05, 0.1) is 10.7 Å². The molecule has 0 heterocycles. The molecule has 1 aromatic rings. The summed E-state index contributed by atoms with van der Waals surface area (Å²) < 4.78 is 0. The predicted molar refractivity (Wildman–Crippen MR) is 81.8 cm³/mol. The molecule has 0 aliphatic rings. The minimum absolute atomic E-state index is 0.112. The standard InChI is InChI=1S/C14H20ClN3O2/c1-9(2)14(20)18-12-8-10(5-6-11(12)15)17-13(19)4-3-7-16/h5-6,8-9H,3-4,7,16H2,1-2H3,(H,17,19)(H,18,20). The van der Waals surface area contributed by atoms with Crippen LogP contribution in [0.25, 0.3) is 0 Å². The molecule has 0 aliphatic carbocycles. The molecule has 0 atom stereocenters. The van der Waals surface area contributed by atoms with E-state index >= 15 is 0 Å². The molecule has 1 rings (SSSR count). The Morgan fingerprint density at radius 2 is 2.00 bits per heavy atom. The van der Waals surface area contributed by atoms with E-state index in [4.69, 9.17) is 17.3 Å². The van der Waals surface area contributed by atoms with Crippen molar-refractivity contribution in [2.45, 2.75) is 26.7 Å². The van der Waals surface area contributed by atoms with E-state index in [1.54, 1.807) is 32.0 Å². The fourth-order valence-electron chi connectivity index (χ4n) is 1.46. The van der Waals surface area contributed by atoms with Gasteiger partial charge >= 0.3 is 0 Å². The van der Waals surface area contributed by atoms with Gasteiger partial charge in [0.25, 0.3) is 0 Å². The third-order valence-corrected chi connectivity index (χ3v) is 2.97. The molecule has 0 spiro atoms. The third kappa shape index (κ3) is 5.19. The van der Waals surface area contributed by atoms with Crippen molar-refractivity contribution in [3.63, 3.8) is 0 Å². The van der Waals surface area contributed by atoms with Crippen LogP contribution in [-0.2, 0) is 9.59 Å². The molecule has 0 unspecified atom stereocenters. The summed E-state index contributed by atoms with van der Waals surface area (Å²) in [4.78, 5) is 23.3. The van der Waals surface area contributed by atoms with E-state index in [0.29, 0.717) is 35.8 Å². The first-order valence-electron chi connectivity index (χ1n) is 6.54. The maximum Gasteiger partial charge on any atom is 0.226 e. The summed E-state index contributed by atoms with van der Waals surface area (Å²) in [7, 11) is 0. The number of halogens is 1. The van der Waals surface area contributed by atoms with Crippen molar-refractivity contribution in [1.82, 2.24) is 0 Å². The maximum absolute atomic E-state index is 11.7. The zero-order chi connectivity index (χ0) is 15.1. The van der Waals surface area contributed by atoms with Crippen LogP contribution in [0.5, 0.6) is 0 Å². The highest BCUT2D eigenvalue weighted by molar-refractivity contribution is 6.33. The van der Waals surface area contributed by atoms with Gasteiger partial charge in [0.1, 0.15) is 0 Å². The van der Waals surface area contributed by atoms with Crippen LogP contribution in [-0.4, -0.2) is 18.4 Å². The number of anilines is 2. The van der Waals surface area contributed by atoms with Crippen LogP contribution in [0.4, 0.5) is 11.4 Å². The number of carbonyl (C=O) groups excluding carboxylic acids is 2. The van der Waals surface area contributed by atoms with Crippen LogP contribution in [0.1, 0.15) is 26.7 Å². The Morgan fingerprint density at radius 1 is 1.30 bits per heavy atom. The number of nitrogens with two attached hydrogens (primary N) is 1. The summed E-state index contributed by atoms with van der Waals surface area (Å²) in [6.45, 7) is 4.06. The number of benzene rings is 1. The molecule has 0 aromatic heterocycles. The highest BCUT2D eigenvalue weighted by Gasteiger charge is 2.11. The van der Waals surface area contributed by atoms with E-state index < -0.39 is 0 Å². The van der Waals surface area contributed by atoms with Gasteiger partial charge in [-0.3, -0.25) is 9.59 Å². The average molecular weight is 298 g/mol. The van der Waals surface area contributed by atoms with Gasteiger partial charge in [-0.25, -0.2) is 0 Å². The Balaban J connectivity index is 2.75. The molecule has 0 aliphatic heterocycles. The van der Waals surface area contributed by atoms with Gasteiger partial charge in [-0.05, 0) is 31.2 Å². The van der Waals surface area contributed by atoms with Gasteiger partial charge in [0, 0.05) is 18.0 Å². The molecule has 110 valence electrons. The van der Waals surface area contributed by atoms with Crippen LogP contribution in [0.3, 0.4) is 0 Å². The molecule has 20 heavy (non-hydrogen) atoms. The van der Waals surface area contributed by atoms with E-state index in [1.807, 2.05) is 0 Å². The van der Waals surface area contributed by atoms with E-state index in [-0.39, 0.29) is 17.7 Å². The third-order valence-electron chi connectivity index (χ3n) is 2.64. The van der Waals surface area contributed by atoms with Crippen molar-refractivity contribution in [3.8, 4) is 0 Å². The second-order valence-corrected chi connectivity index (χ2v) is 5.19. The lowest BCUT2D eigenvalue weighted by molar-refractivity contribution is -0.119. The normalized spacial score (nSPS) is 10.4. The van der Waals surface area contributed by atoms with Crippen LogP contribution in [0.2, 0.25) is 5.02 Å². The molecular weight excluding hydrogens is 278 g/mol. The second kappa shape index (κ2) is 7.87. The quantitative estimate of drug-likeness (QED) is 0.754. The number of hydrogen-bond acceptors (Lipinski definition) is 3. The minimum atomic E-state index is -0.145. The Morgan fingerprint density at radius 3 is 2.60 bits per heavy atom. The topological polar surface area (TPSA) is 84.2 Å². The van der Waals surface area contributed by atoms with E-state index in [2.05, 4.69) is 10.6 Å². The van der Waals surface area contributed by atoms with Gasteiger partial charge in [0.15, 0.2) is 0 Å². The molecule has 2 amide bonds. The first-order chi connectivity index (χ1) is 9.43. The van der Waals surface area contributed by atoms with Crippen LogP contribution >= 0.6 is 11.6 Å². The van der Waals surface area contributed by atoms with Crippen molar-refractivity contribution in [3.05, 3.63) is 23.2 Å². The molecule has 4 N–H and O–H groups in total. The first kappa shape index (κ1) is 16.5. The highest BCUT2D eigenvalue weighted by atomic mass is 35.5. The zero-order valence-electron chi connectivity index (χ0n) is 11.7. The smallest absolute Gasteiger partial charge is 0.226 e. The Kier molecular flexibility index (Phi) is 6.48. The van der Waals surface area contributed by atoms with E-state index in [0.717, 1.165) is 0 Å². The Labute approximate surface area is 123 Å². The lowest BCUT2D eigenvalue weighted by atomic mass is 10.2. The monoisotopic (exact) mass is 297 g/mol. The first-order valence-corrected chi connectivity index (χ1v) is 6.92. The number of rotatable bonds is 6. The molecule has 0 saturated heterocycles. The number of nitrogens with one attached hydrogen (secondary N) is 2. The van der Waals surface area contributed by atoms with Gasteiger partial charge < -0.3 is 16.4 Å². The van der Waals surface area contributed by atoms with Crippen molar-refractivity contribution in [1.29, 1.82) is 0 Å². The maximum atomic E-state index is 11.7. The zero-order valence-corrected chi connectivity index (χ0v) is 12.5. The molecular formula is C14H20ClN3O2. The highest BCUT2D eigenvalue weighted by Crippen LogP contribution is 2.26. The van der Waals surface area contributed by atoms with Crippen LogP contribution in [0, 0.1) is 5.92 Å². The fourth-order valence-corrected chi connectivity index (χ4v) is 1.63. The molecule has 0 bridgehead atoms. The summed E-state index contributed by atoms with van der Waals surface area (Å²) in [6.07, 6.45) is 1.00. The predicted octanol–water partition coefficient (Wildman–Crippen LogP) is 2.61. The Hall–Kier alpha value is -1.59. The van der Waals surface area contributed by atoms with Crippen LogP contribution in [0.15, 0.2) is 18.2 Å². The molecule has 1 aromatic carbocycles. The van der Waals surface area contributed by atoms with Crippen molar-refractivity contribution < 1.29 is 9.59 Å². The van der Waals surface area contributed by atoms with E-state index in [9.17, 15) is 9.59 Å². The summed E-state index contributed by atoms with van der Waals surface area (Å²) in [5.41, 5.74) is 6.43. The average Bonchev–Trinajstić information content (AvgIpc) is 2.40. The van der Waals surface area contributed by atoms with Crippen molar-refractivity contribution >= 4 is 34.8 Å². The lowest BCUT2D eigenvalue weighted by Gasteiger charge is -2.12. The summed E-state index contributed by atoms with van der Waals surface area (Å²) >= 11 is 6.02. The van der Waals surface area contributed by atoms with Gasteiger partial charge in [-0.15, -0.1) is 0 Å². The molecule has 6 heteroatoms. The van der Waals surface area contributed by atoms with E-state index in [1.165, 1.54) is 0 Å². The van der Waals surface area contributed by atoms with Gasteiger partial charge in [0.2, 0.25) is 11.8 Å². The SMILES string of the molecule is CC(C)C(=O)Nc1cc(NC(=O)CCCN)ccc1Cl. The molecule has 0 saturated carbocycles. The largest absolute Gasteiger partial charge is 0.330 e. The Bertz CT molecular complexity index is 489.